The van der Waals surface area contributed by atoms with Crippen LogP contribution in [0.5, 0.6) is 5.75 Å². The molecule has 0 aliphatic carbocycles. The van der Waals surface area contributed by atoms with Crippen LogP contribution < -0.4 is 19.7 Å². The topological polar surface area (TPSA) is 48.2 Å². The lowest BCUT2D eigenvalue weighted by atomic mass is 10.1. The van der Waals surface area contributed by atoms with E-state index in [1.54, 1.807) is 29.1 Å². The predicted octanol–water partition coefficient (Wildman–Crippen LogP) is 5.32. The van der Waals surface area contributed by atoms with Crippen molar-refractivity contribution in [1.29, 1.82) is 0 Å². The number of pyridine rings is 1. The summed E-state index contributed by atoms with van der Waals surface area (Å²) in [5.74, 6) is -0.427. The molecule has 0 unspecified atom stereocenters. The molecule has 0 fully saturated rings. The molecular formula is C22H16Cl2F2N2O2S. The van der Waals surface area contributed by atoms with Crippen molar-refractivity contribution in [3.63, 3.8) is 0 Å². The van der Waals surface area contributed by atoms with E-state index in [1.165, 1.54) is 36.4 Å². The third-order valence-corrected chi connectivity index (χ3v) is 5.01. The molecule has 3 rings (SSSR count). The van der Waals surface area contributed by atoms with Gasteiger partial charge in [-0.15, -0.1) is 0 Å². The Balaban J connectivity index is 2.02. The van der Waals surface area contributed by atoms with Gasteiger partial charge in [0.2, 0.25) is 5.70 Å². The van der Waals surface area contributed by atoms with Crippen LogP contribution in [0.3, 0.4) is 0 Å². The van der Waals surface area contributed by atoms with Gasteiger partial charge >= 0.3 is 6.61 Å². The van der Waals surface area contributed by atoms with Gasteiger partial charge in [-0.25, -0.2) is 0 Å². The second-order valence-corrected chi connectivity index (χ2v) is 7.70. The van der Waals surface area contributed by atoms with E-state index in [1.807, 2.05) is 13.0 Å². The third-order valence-electron chi connectivity index (χ3n) is 4.15. The molecule has 0 aliphatic heterocycles. The molecule has 0 spiro atoms. The third kappa shape index (κ3) is 5.91. The Labute approximate surface area is 193 Å². The van der Waals surface area contributed by atoms with Crippen molar-refractivity contribution in [3.8, 4) is 5.75 Å². The van der Waals surface area contributed by atoms with E-state index in [-0.39, 0.29) is 27.0 Å². The van der Waals surface area contributed by atoms with Crippen molar-refractivity contribution in [2.24, 2.45) is 0 Å². The largest absolute Gasteiger partial charge is 0.867 e. The highest BCUT2D eigenvalue weighted by atomic mass is 35.5. The fourth-order valence-corrected chi connectivity index (χ4v) is 3.47. The molecule has 0 atom stereocenters. The normalized spacial score (nSPS) is 11.8. The summed E-state index contributed by atoms with van der Waals surface area (Å²) in [5.41, 5.74) is 1.74. The highest BCUT2D eigenvalue weighted by Gasteiger charge is 2.20. The summed E-state index contributed by atoms with van der Waals surface area (Å²) in [6.45, 7) is -1.04. The van der Waals surface area contributed by atoms with Crippen molar-refractivity contribution in [2.45, 2.75) is 13.5 Å². The van der Waals surface area contributed by atoms with Crippen LogP contribution in [0.2, 0.25) is 10.0 Å². The summed E-state index contributed by atoms with van der Waals surface area (Å²) in [6.07, 6.45) is 3.44. The zero-order chi connectivity index (χ0) is 22.5. The molecule has 0 aliphatic rings. The van der Waals surface area contributed by atoms with E-state index in [2.05, 4.69) is 10.1 Å². The maximum absolute atomic E-state index is 13.4. The summed E-state index contributed by atoms with van der Waals surface area (Å²) in [4.78, 5) is 0.110. The van der Waals surface area contributed by atoms with Crippen molar-refractivity contribution < 1.29 is 23.2 Å². The number of benzene rings is 2. The first-order valence-corrected chi connectivity index (χ1v) is 10.1. The Hall–Kier alpha value is -2.74. The SMILES string of the molecule is Cc1ccc[n+](/C(C(=S)Nc2ccc(OC(F)F)cc2)=C(/[O-])c2cc(Cl)ccc2Cl)c1. The fourth-order valence-electron chi connectivity index (χ4n) is 2.78. The van der Waals surface area contributed by atoms with E-state index >= 15 is 0 Å². The van der Waals surface area contributed by atoms with Crippen LogP contribution in [0.1, 0.15) is 11.1 Å². The quantitative estimate of drug-likeness (QED) is 0.224. The van der Waals surface area contributed by atoms with E-state index < -0.39 is 12.4 Å². The van der Waals surface area contributed by atoms with Gasteiger partial charge < -0.3 is 15.2 Å². The Morgan fingerprint density at radius 2 is 1.84 bits per heavy atom. The average Bonchev–Trinajstić information content (AvgIpc) is 2.71. The molecular weight excluding hydrogens is 465 g/mol. The average molecular weight is 481 g/mol. The molecule has 0 saturated carbocycles. The highest BCUT2D eigenvalue weighted by molar-refractivity contribution is 7.81. The van der Waals surface area contributed by atoms with Crippen LogP contribution in [0.15, 0.2) is 67.0 Å². The molecule has 2 aromatic carbocycles. The Morgan fingerprint density at radius 3 is 2.48 bits per heavy atom. The molecule has 1 heterocycles. The summed E-state index contributed by atoms with van der Waals surface area (Å²) < 4.78 is 30.6. The monoisotopic (exact) mass is 480 g/mol. The molecule has 3 aromatic rings. The van der Waals surface area contributed by atoms with Crippen LogP contribution in [-0.4, -0.2) is 11.6 Å². The Bertz CT molecular complexity index is 1140. The summed E-state index contributed by atoms with van der Waals surface area (Å²) in [5, 5.41) is 17.0. The van der Waals surface area contributed by atoms with Gasteiger partial charge in [-0.1, -0.05) is 35.4 Å². The molecule has 0 saturated heterocycles. The highest BCUT2D eigenvalue weighted by Crippen LogP contribution is 2.27. The Kier molecular flexibility index (Phi) is 7.43. The number of alkyl halides is 2. The van der Waals surface area contributed by atoms with Gasteiger partial charge in [0.1, 0.15) is 5.75 Å². The molecule has 0 bridgehead atoms. The summed E-state index contributed by atoms with van der Waals surface area (Å²) in [6, 6.07) is 14.0. The van der Waals surface area contributed by atoms with Gasteiger partial charge in [0.05, 0.1) is 0 Å². The molecule has 1 aromatic heterocycles. The lowest BCUT2D eigenvalue weighted by Crippen LogP contribution is -2.40. The summed E-state index contributed by atoms with van der Waals surface area (Å²) >= 11 is 17.8. The second-order valence-electron chi connectivity index (χ2n) is 6.45. The Morgan fingerprint density at radius 1 is 1.13 bits per heavy atom. The maximum atomic E-state index is 13.4. The zero-order valence-corrected chi connectivity index (χ0v) is 18.4. The van der Waals surface area contributed by atoms with Crippen molar-refractivity contribution in [2.75, 3.05) is 5.32 Å². The zero-order valence-electron chi connectivity index (χ0n) is 16.1. The molecule has 31 heavy (non-hydrogen) atoms. The minimum Gasteiger partial charge on any atom is -0.867 e. The van der Waals surface area contributed by atoms with Crippen LogP contribution in [0.4, 0.5) is 14.5 Å². The first kappa shape index (κ1) is 22.9. The van der Waals surface area contributed by atoms with Gasteiger partial charge in [-0.05, 0) is 66.8 Å². The standard InChI is InChI=1S/C22H16Cl2F2N2O2S/c1-13-3-2-10-28(12-13)19(20(29)17-11-14(23)4-9-18(17)24)21(31)27-15-5-7-16(8-6-15)30-22(25)26/h2-12,22H,1H3,(H-,27,29,31). The van der Waals surface area contributed by atoms with Crippen molar-refractivity contribution in [3.05, 3.63) is 88.2 Å². The number of hydrogen-bond acceptors (Lipinski definition) is 3. The number of rotatable bonds is 6. The first-order valence-electron chi connectivity index (χ1n) is 8.96. The van der Waals surface area contributed by atoms with Gasteiger partial charge in [-0.2, -0.15) is 13.3 Å². The molecule has 0 radical (unpaired) electrons. The summed E-state index contributed by atoms with van der Waals surface area (Å²) in [7, 11) is 0. The van der Waals surface area contributed by atoms with E-state index in [0.29, 0.717) is 10.7 Å². The number of aromatic nitrogens is 1. The van der Waals surface area contributed by atoms with Crippen LogP contribution in [0.25, 0.3) is 11.5 Å². The lowest BCUT2D eigenvalue weighted by Gasteiger charge is -2.18. The number of nitrogens with zero attached hydrogens (tertiary/aromatic N) is 1. The predicted molar refractivity (Wildman–Crippen MR) is 120 cm³/mol. The number of ether oxygens (including phenoxy) is 1. The van der Waals surface area contributed by atoms with Crippen LogP contribution >= 0.6 is 35.4 Å². The van der Waals surface area contributed by atoms with Gasteiger partial charge in [-0.3, -0.25) is 0 Å². The number of thiocarbonyl (C=S) groups is 1. The van der Waals surface area contributed by atoms with Crippen molar-refractivity contribution in [1.82, 2.24) is 0 Å². The molecule has 4 nitrogen and oxygen atoms in total. The number of halogens is 4. The molecule has 1 N–H and O–H groups in total. The lowest BCUT2D eigenvalue weighted by molar-refractivity contribution is -0.578. The van der Waals surface area contributed by atoms with Gasteiger partial charge in [0.25, 0.3) is 0 Å². The number of anilines is 1. The minimum absolute atomic E-state index is 0.00511. The number of aryl methyl sites for hydroxylation is 1. The van der Waals surface area contributed by atoms with Crippen LogP contribution in [0, 0.1) is 6.92 Å². The number of nitrogens with one attached hydrogen (secondary N) is 1. The first-order chi connectivity index (χ1) is 14.7. The molecule has 160 valence electrons. The van der Waals surface area contributed by atoms with Crippen LogP contribution in [-0.2, 0) is 0 Å². The smallest absolute Gasteiger partial charge is 0.387 e. The van der Waals surface area contributed by atoms with E-state index in [9.17, 15) is 13.9 Å². The maximum Gasteiger partial charge on any atom is 0.387 e. The molecule has 9 heteroatoms. The van der Waals surface area contributed by atoms with Gasteiger partial charge in [0, 0.05) is 27.4 Å². The fraction of sp³-hybridized carbons (Fsp3) is 0.0909. The molecule has 0 amide bonds. The van der Waals surface area contributed by atoms with E-state index in [0.717, 1.165) is 5.56 Å². The van der Waals surface area contributed by atoms with E-state index in [4.69, 9.17) is 35.4 Å². The number of hydrogen-bond donors (Lipinski definition) is 1. The van der Waals surface area contributed by atoms with Gasteiger partial charge in [0.15, 0.2) is 17.4 Å². The minimum atomic E-state index is -2.92. The second kappa shape index (κ2) is 10.0. The van der Waals surface area contributed by atoms with Crippen molar-refractivity contribution >= 4 is 57.6 Å².